The lowest BCUT2D eigenvalue weighted by molar-refractivity contribution is -0.0739. The van der Waals surface area contributed by atoms with Gasteiger partial charge in [-0.1, -0.05) is 18.2 Å². The summed E-state index contributed by atoms with van der Waals surface area (Å²) in [4.78, 5) is 12.6. The first-order valence-electron chi connectivity index (χ1n) is 4.84. The van der Waals surface area contributed by atoms with Gasteiger partial charge in [-0.3, -0.25) is 4.79 Å². The Hall–Kier alpha value is -1.23. The highest BCUT2D eigenvalue weighted by Crippen LogP contribution is 2.26. The summed E-state index contributed by atoms with van der Waals surface area (Å²) in [6, 6.07) is 9.75. The summed E-state index contributed by atoms with van der Waals surface area (Å²) >= 11 is 1.45. The molecule has 0 saturated carbocycles. The van der Waals surface area contributed by atoms with Crippen molar-refractivity contribution < 1.29 is 14.3 Å². The Labute approximate surface area is 97.6 Å². The molecule has 3 nitrogen and oxygen atoms in total. The molecular formula is C12H12O3S. The van der Waals surface area contributed by atoms with E-state index < -0.39 is 6.29 Å². The smallest absolute Gasteiger partial charge is 0.228 e. The Balaban J connectivity index is 2.36. The Kier molecular flexibility index (Phi) is 3.33. The number of rotatable bonds is 4. The molecular weight excluding hydrogens is 224 g/mol. The Morgan fingerprint density at radius 2 is 1.94 bits per heavy atom. The minimum absolute atomic E-state index is 0.133. The summed E-state index contributed by atoms with van der Waals surface area (Å²) in [5.41, 5.74) is 0. The van der Waals surface area contributed by atoms with Gasteiger partial charge in [0, 0.05) is 18.9 Å². The normalized spacial score (nSPS) is 11.2. The third-order valence-electron chi connectivity index (χ3n) is 2.31. The van der Waals surface area contributed by atoms with Crippen LogP contribution in [0.3, 0.4) is 0 Å². The maximum Gasteiger partial charge on any atom is 0.228 e. The first-order chi connectivity index (χ1) is 7.76. The third kappa shape index (κ3) is 2.00. The zero-order valence-corrected chi connectivity index (χ0v) is 9.91. The van der Waals surface area contributed by atoms with E-state index in [0.717, 1.165) is 10.1 Å². The fourth-order valence-electron chi connectivity index (χ4n) is 1.53. The van der Waals surface area contributed by atoms with Crippen LogP contribution in [0, 0.1) is 0 Å². The fourth-order valence-corrected chi connectivity index (χ4v) is 2.54. The molecule has 1 heterocycles. The standard InChI is InChI=1S/C12H12O3S/c1-14-12(15-2)11(13)10-7-8-5-3-4-6-9(8)16-10/h3-7,12H,1-2H3. The average molecular weight is 236 g/mol. The van der Waals surface area contributed by atoms with E-state index >= 15 is 0 Å². The van der Waals surface area contributed by atoms with Crippen molar-refractivity contribution in [1.29, 1.82) is 0 Å². The summed E-state index contributed by atoms with van der Waals surface area (Å²) in [6.45, 7) is 0. The van der Waals surface area contributed by atoms with Crippen molar-refractivity contribution in [3.05, 3.63) is 35.2 Å². The van der Waals surface area contributed by atoms with Crippen molar-refractivity contribution in [2.45, 2.75) is 6.29 Å². The number of thiophene rings is 1. The maximum atomic E-state index is 11.9. The van der Waals surface area contributed by atoms with Crippen LogP contribution in [0.15, 0.2) is 30.3 Å². The van der Waals surface area contributed by atoms with Gasteiger partial charge in [0.2, 0.25) is 12.1 Å². The van der Waals surface area contributed by atoms with Gasteiger partial charge >= 0.3 is 0 Å². The minimum atomic E-state index is -0.812. The van der Waals surface area contributed by atoms with E-state index in [4.69, 9.17) is 9.47 Å². The molecule has 0 radical (unpaired) electrons. The van der Waals surface area contributed by atoms with Gasteiger partial charge in [-0.05, 0) is 17.5 Å². The van der Waals surface area contributed by atoms with E-state index in [1.165, 1.54) is 25.6 Å². The third-order valence-corrected chi connectivity index (χ3v) is 3.44. The van der Waals surface area contributed by atoms with Crippen molar-refractivity contribution >= 4 is 27.2 Å². The Morgan fingerprint density at radius 1 is 1.25 bits per heavy atom. The molecule has 0 aliphatic rings. The molecule has 1 aromatic carbocycles. The van der Waals surface area contributed by atoms with Crippen molar-refractivity contribution in [2.24, 2.45) is 0 Å². The fraction of sp³-hybridized carbons (Fsp3) is 0.250. The summed E-state index contributed by atoms with van der Waals surface area (Å²) in [5.74, 6) is -0.133. The second-order valence-electron chi connectivity index (χ2n) is 3.32. The van der Waals surface area contributed by atoms with E-state index in [1.54, 1.807) is 0 Å². The van der Waals surface area contributed by atoms with Gasteiger partial charge in [0.05, 0.1) is 4.88 Å². The second kappa shape index (κ2) is 4.74. The van der Waals surface area contributed by atoms with Crippen LogP contribution in [-0.2, 0) is 9.47 Å². The summed E-state index contributed by atoms with van der Waals surface area (Å²) in [5, 5.41) is 1.07. The number of carbonyl (C=O) groups excluding carboxylic acids is 1. The van der Waals surface area contributed by atoms with Crippen LogP contribution in [0.1, 0.15) is 9.67 Å². The van der Waals surface area contributed by atoms with Crippen LogP contribution in [-0.4, -0.2) is 26.3 Å². The number of hydrogen-bond acceptors (Lipinski definition) is 4. The number of carbonyl (C=O) groups is 1. The largest absolute Gasteiger partial charge is 0.349 e. The predicted octanol–water partition coefficient (Wildman–Crippen LogP) is 2.70. The molecule has 84 valence electrons. The molecule has 2 rings (SSSR count). The average Bonchev–Trinajstić information content (AvgIpc) is 2.74. The molecule has 1 aromatic heterocycles. The first-order valence-corrected chi connectivity index (χ1v) is 5.66. The molecule has 0 saturated heterocycles. The molecule has 2 aromatic rings. The van der Waals surface area contributed by atoms with E-state index in [0.29, 0.717) is 4.88 Å². The van der Waals surface area contributed by atoms with Gasteiger partial charge in [0.15, 0.2) is 0 Å². The van der Waals surface area contributed by atoms with Crippen molar-refractivity contribution in [2.75, 3.05) is 14.2 Å². The molecule has 0 unspecified atom stereocenters. The van der Waals surface area contributed by atoms with Gasteiger partial charge < -0.3 is 9.47 Å². The number of benzene rings is 1. The van der Waals surface area contributed by atoms with Crippen LogP contribution in [0.25, 0.3) is 10.1 Å². The lowest BCUT2D eigenvalue weighted by Crippen LogP contribution is -2.24. The highest BCUT2D eigenvalue weighted by atomic mass is 32.1. The molecule has 0 spiro atoms. The summed E-state index contributed by atoms with van der Waals surface area (Å²) < 4.78 is 11.0. The summed E-state index contributed by atoms with van der Waals surface area (Å²) in [7, 11) is 2.92. The number of Topliss-reactive ketones (excluding diaryl/α,β-unsaturated/α-hetero) is 1. The SMILES string of the molecule is COC(OC)C(=O)c1cc2ccccc2s1. The molecule has 16 heavy (non-hydrogen) atoms. The lowest BCUT2D eigenvalue weighted by Gasteiger charge is -2.09. The Morgan fingerprint density at radius 3 is 2.56 bits per heavy atom. The van der Waals surface area contributed by atoms with Gasteiger partial charge in [-0.15, -0.1) is 11.3 Å². The van der Waals surface area contributed by atoms with E-state index in [9.17, 15) is 4.79 Å². The van der Waals surface area contributed by atoms with Crippen LogP contribution in [0.5, 0.6) is 0 Å². The van der Waals surface area contributed by atoms with E-state index in [-0.39, 0.29) is 5.78 Å². The molecule has 4 heteroatoms. The monoisotopic (exact) mass is 236 g/mol. The van der Waals surface area contributed by atoms with Crippen LogP contribution >= 0.6 is 11.3 Å². The molecule has 0 atom stereocenters. The molecule has 0 aliphatic heterocycles. The zero-order chi connectivity index (χ0) is 11.5. The van der Waals surface area contributed by atoms with E-state index in [2.05, 4.69) is 0 Å². The van der Waals surface area contributed by atoms with Crippen molar-refractivity contribution in [3.8, 4) is 0 Å². The molecule has 0 aliphatic carbocycles. The number of fused-ring (bicyclic) bond motifs is 1. The molecule has 0 amide bonds. The quantitative estimate of drug-likeness (QED) is 0.605. The second-order valence-corrected chi connectivity index (χ2v) is 4.40. The predicted molar refractivity (Wildman–Crippen MR) is 64.0 cm³/mol. The number of hydrogen-bond donors (Lipinski definition) is 0. The highest BCUT2D eigenvalue weighted by Gasteiger charge is 2.20. The summed E-state index contributed by atoms with van der Waals surface area (Å²) in [6.07, 6.45) is -0.812. The van der Waals surface area contributed by atoms with Crippen LogP contribution < -0.4 is 0 Å². The van der Waals surface area contributed by atoms with Gasteiger partial charge in [0.1, 0.15) is 0 Å². The van der Waals surface area contributed by atoms with Gasteiger partial charge in [0.25, 0.3) is 0 Å². The number of methoxy groups -OCH3 is 2. The molecule has 0 fully saturated rings. The number of ketones is 1. The molecule has 0 bridgehead atoms. The molecule has 0 N–H and O–H groups in total. The van der Waals surface area contributed by atoms with Crippen molar-refractivity contribution in [3.63, 3.8) is 0 Å². The zero-order valence-electron chi connectivity index (χ0n) is 9.10. The highest BCUT2D eigenvalue weighted by molar-refractivity contribution is 7.20. The van der Waals surface area contributed by atoms with Gasteiger partial charge in [-0.25, -0.2) is 0 Å². The topological polar surface area (TPSA) is 35.5 Å². The van der Waals surface area contributed by atoms with Gasteiger partial charge in [-0.2, -0.15) is 0 Å². The Bertz CT molecular complexity index is 467. The van der Waals surface area contributed by atoms with Crippen LogP contribution in [0.2, 0.25) is 0 Å². The van der Waals surface area contributed by atoms with E-state index in [1.807, 2.05) is 30.3 Å². The first kappa shape index (κ1) is 11.3. The maximum absolute atomic E-state index is 11.9. The lowest BCUT2D eigenvalue weighted by atomic mass is 10.2. The minimum Gasteiger partial charge on any atom is -0.349 e. The van der Waals surface area contributed by atoms with Crippen molar-refractivity contribution in [1.82, 2.24) is 0 Å². The van der Waals surface area contributed by atoms with Crippen LogP contribution in [0.4, 0.5) is 0 Å². The number of ether oxygens (including phenoxy) is 2.